The van der Waals surface area contributed by atoms with Gasteiger partial charge in [-0.15, -0.1) is 0 Å². The van der Waals surface area contributed by atoms with E-state index in [0.29, 0.717) is 42.4 Å². The standard InChI is InChI=1S/C20H22FNO6S/c21-16-7-15(14-1-2-19-20(9-14)28-13-27-19)8-18(10-16)26-12-17(23)11-22-3-5-29(24,25)6-4-22/h1-2,7-10,17,23H,3-6,11-13H2. The van der Waals surface area contributed by atoms with Gasteiger partial charge in [-0.25, -0.2) is 12.8 Å². The molecule has 2 aromatic carbocycles. The van der Waals surface area contributed by atoms with Gasteiger partial charge in [-0.3, -0.25) is 4.90 Å². The molecule has 0 saturated carbocycles. The minimum Gasteiger partial charge on any atom is -0.491 e. The maximum atomic E-state index is 14.1. The predicted octanol–water partition coefficient (Wildman–Crippen LogP) is 1.69. The SMILES string of the molecule is O=S1(=O)CCN(CC(O)COc2cc(F)cc(-c3ccc4c(c3)OCO4)c2)CC1. The Hall–Kier alpha value is -2.36. The van der Waals surface area contributed by atoms with Crippen LogP contribution >= 0.6 is 0 Å². The van der Waals surface area contributed by atoms with E-state index in [2.05, 4.69) is 0 Å². The number of halogens is 1. The summed E-state index contributed by atoms with van der Waals surface area (Å²) in [5, 5.41) is 10.2. The lowest BCUT2D eigenvalue weighted by Gasteiger charge is -2.28. The van der Waals surface area contributed by atoms with Gasteiger partial charge in [0.1, 0.15) is 24.3 Å². The van der Waals surface area contributed by atoms with Gasteiger partial charge >= 0.3 is 0 Å². The van der Waals surface area contributed by atoms with E-state index in [0.717, 1.165) is 5.56 Å². The first kappa shape index (κ1) is 19.9. The first-order chi connectivity index (χ1) is 13.9. The van der Waals surface area contributed by atoms with Crippen LogP contribution in [0.2, 0.25) is 0 Å². The van der Waals surface area contributed by atoms with E-state index in [4.69, 9.17) is 14.2 Å². The first-order valence-corrected chi connectivity index (χ1v) is 11.1. The molecule has 2 aromatic rings. The van der Waals surface area contributed by atoms with Crippen molar-refractivity contribution in [3.63, 3.8) is 0 Å². The van der Waals surface area contributed by atoms with Gasteiger partial charge in [-0.1, -0.05) is 6.07 Å². The van der Waals surface area contributed by atoms with Gasteiger partial charge in [0, 0.05) is 25.7 Å². The predicted molar refractivity (Wildman–Crippen MR) is 105 cm³/mol. The van der Waals surface area contributed by atoms with Crippen LogP contribution in [0.4, 0.5) is 4.39 Å². The van der Waals surface area contributed by atoms with Crippen LogP contribution in [0, 0.1) is 5.82 Å². The number of benzene rings is 2. The van der Waals surface area contributed by atoms with Crippen molar-refractivity contribution in [1.82, 2.24) is 4.90 Å². The monoisotopic (exact) mass is 423 g/mol. The summed E-state index contributed by atoms with van der Waals surface area (Å²) < 4.78 is 53.3. The fraction of sp³-hybridized carbons (Fsp3) is 0.400. The summed E-state index contributed by atoms with van der Waals surface area (Å²) in [6.07, 6.45) is -0.812. The summed E-state index contributed by atoms with van der Waals surface area (Å²) in [5.74, 6) is 1.31. The number of nitrogens with zero attached hydrogens (tertiary/aromatic N) is 1. The lowest BCUT2D eigenvalue weighted by molar-refractivity contribution is 0.0709. The molecule has 4 rings (SSSR count). The molecule has 0 aromatic heterocycles. The second kappa shape index (κ2) is 8.17. The zero-order valence-electron chi connectivity index (χ0n) is 15.7. The molecule has 0 amide bonds. The van der Waals surface area contributed by atoms with Crippen molar-refractivity contribution in [3.8, 4) is 28.4 Å². The Balaban J connectivity index is 1.38. The van der Waals surface area contributed by atoms with E-state index < -0.39 is 21.8 Å². The van der Waals surface area contributed by atoms with Crippen molar-refractivity contribution in [3.05, 3.63) is 42.2 Å². The van der Waals surface area contributed by atoms with Crippen molar-refractivity contribution in [1.29, 1.82) is 0 Å². The lowest BCUT2D eigenvalue weighted by Crippen LogP contribution is -2.44. The Labute approximate surface area is 168 Å². The number of aliphatic hydroxyl groups excluding tert-OH is 1. The molecule has 1 atom stereocenters. The molecule has 0 aliphatic carbocycles. The molecule has 0 radical (unpaired) electrons. The molecule has 1 fully saturated rings. The molecule has 1 N–H and O–H groups in total. The molecule has 2 heterocycles. The van der Waals surface area contributed by atoms with Crippen LogP contribution in [-0.4, -0.2) is 69.1 Å². The summed E-state index contributed by atoms with van der Waals surface area (Å²) >= 11 is 0. The highest BCUT2D eigenvalue weighted by Gasteiger charge is 2.23. The lowest BCUT2D eigenvalue weighted by atomic mass is 10.0. The van der Waals surface area contributed by atoms with Gasteiger partial charge in [0.2, 0.25) is 6.79 Å². The van der Waals surface area contributed by atoms with Crippen molar-refractivity contribution < 1.29 is 32.1 Å². The number of sulfone groups is 1. The molecule has 1 saturated heterocycles. The number of hydrogen-bond acceptors (Lipinski definition) is 7. The van der Waals surface area contributed by atoms with Gasteiger partial charge < -0.3 is 19.3 Å². The summed E-state index contributed by atoms with van der Waals surface area (Å²) in [5.41, 5.74) is 1.38. The number of hydrogen-bond donors (Lipinski definition) is 1. The van der Waals surface area contributed by atoms with Gasteiger partial charge in [-0.2, -0.15) is 0 Å². The van der Waals surface area contributed by atoms with E-state index in [9.17, 15) is 17.9 Å². The number of rotatable bonds is 6. The molecule has 2 aliphatic heterocycles. The summed E-state index contributed by atoms with van der Waals surface area (Å²) in [7, 11) is -2.96. The van der Waals surface area contributed by atoms with Gasteiger partial charge in [0.25, 0.3) is 0 Å². The van der Waals surface area contributed by atoms with E-state index >= 15 is 0 Å². The minimum atomic E-state index is -2.96. The summed E-state index contributed by atoms with van der Waals surface area (Å²) in [6, 6.07) is 9.71. The smallest absolute Gasteiger partial charge is 0.231 e. The molecular weight excluding hydrogens is 401 g/mol. The van der Waals surface area contributed by atoms with Crippen LogP contribution in [0.3, 0.4) is 0 Å². The third-order valence-corrected chi connectivity index (χ3v) is 6.53. The van der Waals surface area contributed by atoms with Crippen molar-refractivity contribution in [2.45, 2.75) is 6.10 Å². The molecule has 7 nitrogen and oxygen atoms in total. The quantitative estimate of drug-likeness (QED) is 0.757. The Kier molecular flexibility index (Phi) is 5.62. The normalized spacial score (nSPS) is 19.1. The zero-order chi connectivity index (χ0) is 20.4. The van der Waals surface area contributed by atoms with E-state index in [-0.39, 0.29) is 24.9 Å². The number of aliphatic hydroxyl groups is 1. The van der Waals surface area contributed by atoms with Gasteiger partial charge in [-0.05, 0) is 35.4 Å². The molecule has 29 heavy (non-hydrogen) atoms. The second-order valence-corrected chi connectivity index (χ2v) is 9.46. The van der Waals surface area contributed by atoms with Crippen molar-refractivity contribution in [2.75, 3.05) is 44.5 Å². The van der Waals surface area contributed by atoms with Crippen molar-refractivity contribution in [2.24, 2.45) is 0 Å². The van der Waals surface area contributed by atoms with Crippen LogP contribution in [0.25, 0.3) is 11.1 Å². The van der Waals surface area contributed by atoms with Crippen molar-refractivity contribution >= 4 is 9.84 Å². The fourth-order valence-electron chi connectivity index (χ4n) is 3.36. The van der Waals surface area contributed by atoms with Crippen LogP contribution in [0.5, 0.6) is 17.2 Å². The zero-order valence-corrected chi connectivity index (χ0v) is 16.5. The third-order valence-electron chi connectivity index (χ3n) is 4.93. The molecular formula is C20H22FNO6S. The highest BCUT2D eigenvalue weighted by molar-refractivity contribution is 7.91. The van der Waals surface area contributed by atoms with E-state index in [1.54, 1.807) is 18.2 Å². The molecule has 2 aliphatic rings. The topological polar surface area (TPSA) is 85.3 Å². The Morgan fingerprint density at radius 2 is 1.83 bits per heavy atom. The van der Waals surface area contributed by atoms with E-state index in [1.807, 2.05) is 11.0 Å². The summed E-state index contributed by atoms with van der Waals surface area (Å²) in [6.45, 7) is 1.24. The molecule has 0 spiro atoms. The highest BCUT2D eigenvalue weighted by atomic mass is 32.2. The van der Waals surface area contributed by atoms with E-state index in [1.165, 1.54) is 12.1 Å². The fourth-order valence-corrected chi connectivity index (χ4v) is 4.64. The number of fused-ring (bicyclic) bond motifs is 1. The Morgan fingerprint density at radius 1 is 1.07 bits per heavy atom. The average Bonchev–Trinajstić information content (AvgIpc) is 3.15. The maximum Gasteiger partial charge on any atom is 0.231 e. The Bertz CT molecular complexity index is 982. The molecule has 156 valence electrons. The average molecular weight is 423 g/mol. The number of β-amino-alcohol motifs (C(OH)–C–C–N with tert-alkyl or cyclic N) is 1. The van der Waals surface area contributed by atoms with Crippen LogP contribution in [-0.2, 0) is 9.84 Å². The third kappa shape index (κ3) is 4.98. The van der Waals surface area contributed by atoms with Crippen LogP contribution in [0.1, 0.15) is 0 Å². The van der Waals surface area contributed by atoms with Gasteiger partial charge in [0.15, 0.2) is 21.3 Å². The largest absolute Gasteiger partial charge is 0.491 e. The molecule has 1 unspecified atom stereocenters. The maximum absolute atomic E-state index is 14.1. The minimum absolute atomic E-state index is 0.0206. The molecule has 9 heteroatoms. The summed E-state index contributed by atoms with van der Waals surface area (Å²) in [4.78, 5) is 1.89. The van der Waals surface area contributed by atoms with Crippen LogP contribution in [0.15, 0.2) is 36.4 Å². The Morgan fingerprint density at radius 3 is 2.62 bits per heavy atom. The first-order valence-electron chi connectivity index (χ1n) is 9.32. The number of ether oxygens (including phenoxy) is 3. The highest BCUT2D eigenvalue weighted by Crippen LogP contribution is 2.36. The molecule has 0 bridgehead atoms. The van der Waals surface area contributed by atoms with Crippen LogP contribution < -0.4 is 14.2 Å². The van der Waals surface area contributed by atoms with Gasteiger partial charge in [0.05, 0.1) is 11.5 Å². The second-order valence-electron chi connectivity index (χ2n) is 7.16.